The molecule has 0 spiro atoms. The minimum atomic E-state index is -0.201. The van der Waals surface area contributed by atoms with Crippen molar-refractivity contribution in [3.63, 3.8) is 0 Å². The van der Waals surface area contributed by atoms with E-state index in [0.29, 0.717) is 29.2 Å². The number of rotatable bonds is 6. The zero-order valence-electron chi connectivity index (χ0n) is 15.5. The van der Waals surface area contributed by atoms with Gasteiger partial charge in [0.15, 0.2) is 4.34 Å². The number of nitriles is 1. The van der Waals surface area contributed by atoms with Crippen LogP contribution < -0.4 is 11.0 Å². The normalized spacial score (nSPS) is 11.3. The lowest BCUT2D eigenvalue weighted by molar-refractivity contribution is 0.749. The Hall–Kier alpha value is -3.22. The number of pyridine rings is 1. The van der Waals surface area contributed by atoms with E-state index in [9.17, 15) is 4.79 Å². The fourth-order valence-electron chi connectivity index (χ4n) is 2.74. The van der Waals surface area contributed by atoms with Gasteiger partial charge in [0.05, 0.1) is 34.5 Å². The molecule has 4 rings (SSSR count). The monoisotopic (exact) mass is 420 g/mol. The number of aromatic nitrogens is 3. The van der Waals surface area contributed by atoms with Crippen molar-refractivity contribution in [3.8, 4) is 6.07 Å². The van der Waals surface area contributed by atoms with Crippen LogP contribution in [-0.2, 0) is 0 Å². The molecule has 4 aromatic rings. The molecule has 0 aliphatic rings. The Kier molecular flexibility index (Phi) is 5.55. The van der Waals surface area contributed by atoms with Crippen molar-refractivity contribution in [2.75, 3.05) is 6.54 Å². The van der Waals surface area contributed by atoms with Crippen molar-refractivity contribution < 1.29 is 0 Å². The average molecular weight is 421 g/mol. The summed E-state index contributed by atoms with van der Waals surface area (Å²) in [5.41, 5.74) is 5.39. The van der Waals surface area contributed by atoms with Crippen LogP contribution in [0.3, 0.4) is 0 Å². The van der Waals surface area contributed by atoms with E-state index in [-0.39, 0.29) is 5.56 Å². The first-order chi connectivity index (χ1) is 14.2. The van der Waals surface area contributed by atoms with Gasteiger partial charge in [0, 0.05) is 12.7 Å². The van der Waals surface area contributed by atoms with Crippen LogP contribution in [0.1, 0.15) is 17.5 Å². The van der Waals surface area contributed by atoms with E-state index in [0.717, 1.165) is 20.1 Å². The van der Waals surface area contributed by atoms with Crippen molar-refractivity contribution >= 4 is 45.2 Å². The number of hydrazone groups is 1. The minimum Gasteiger partial charge on any atom is -0.309 e. The second-order valence-corrected chi connectivity index (χ2v) is 8.41. The van der Waals surface area contributed by atoms with Crippen LogP contribution in [0.15, 0.2) is 61.9 Å². The molecule has 0 aliphatic carbocycles. The maximum Gasteiger partial charge on any atom is 0.267 e. The molecule has 0 saturated carbocycles. The molecule has 0 unspecified atom stereocenters. The maximum absolute atomic E-state index is 13.1. The summed E-state index contributed by atoms with van der Waals surface area (Å²) >= 11 is 2.92. The molecule has 3 heterocycles. The summed E-state index contributed by atoms with van der Waals surface area (Å²) in [7, 11) is 0. The number of para-hydroxylation sites is 1. The van der Waals surface area contributed by atoms with Gasteiger partial charge in [0.2, 0.25) is 0 Å². The van der Waals surface area contributed by atoms with Gasteiger partial charge in [-0.2, -0.15) is 10.4 Å². The topological polar surface area (TPSA) is 95.4 Å². The Balaban J connectivity index is 1.79. The van der Waals surface area contributed by atoms with Gasteiger partial charge in [0.1, 0.15) is 10.7 Å². The van der Waals surface area contributed by atoms with E-state index in [1.807, 2.05) is 49.4 Å². The summed E-state index contributed by atoms with van der Waals surface area (Å²) in [6.07, 6.45) is 3.50. The number of thiazole rings is 1. The summed E-state index contributed by atoms with van der Waals surface area (Å²) in [6.45, 7) is 2.33. The van der Waals surface area contributed by atoms with Gasteiger partial charge < -0.3 is 5.43 Å². The first kappa shape index (κ1) is 19.1. The molecular weight excluding hydrogens is 404 g/mol. The molecule has 3 aromatic heterocycles. The van der Waals surface area contributed by atoms with Crippen molar-refractivity contribution in [2.24, 2.45) is 5.10 Å². The van der Waals surface area contributed by atoms with Crippen LogP contribution in [0.5, 0.6) is 0 Å². The van der Waals surface area contributed by atoms with Gasteiger partial charge in [-0.15, -0.1) is 11.3 Å². The summed E-state index contributed by atoms with van der Waals surface area (Å²) < 4.78 is 3.41. The third-order valence-corrected chi connectivity index (χ3v) is 6.24. The molecule has 29 heavy (non-hydrogen) atoms. The zero-order chi connectivity index (χ0) is 20.2. The van der Waals surface area contributed by atoms with E-state index in [4.69, 9.17) is 10.2 Å². The molecule has 0 amide bonds. The number of hydrogen-bond donors (Lipinski definition) is 1. The highest BCUT2D eigenvalue weighted by molar-refractivity contribution is 8.01. The molecule has 1 N–H and O–H groups in total. The van der Waals surface area contributed by atoms with Gasteiger partial charge in [-0.1, -0.05) is 18.2 Å². The smallest absolute Gasteiger partial charge is 0.267 e. The quantitative estimate of drug-likeness (QED) is 0.222. The zero-order valence-corrected chi connectivity index (χ0v) is 17.1. The molecule has 0 radical (unpaired) electrons. The Bertz CT molecular complexity index is 1290. The molecule has 144 valence electrons. The lowest BCUT2D eigenvalue weighted by atomic mass is 10.3. The first-order valence-corrected chi connectivity index (χ1v) is 10.5. The van der Waals surface area contributed by atoms with Crippen molar-refractivity contribution in [2.45, 2.75) is 22.7 Å². The summed E-state index contributed by atoms with van der Waals surface area (Å²) in [4.78, 5) is 22.5. The largest absolute Gasteiger partial charge is 0.309 e. The van der Waals surface area contributed by atoms with E-state index in [2.05, 4.69) is 15.5 Å². The number of nitrogens with zero attached hydrogens (tertiary/aromatic N) is 5. The van der Waals surface area contributed by atoms with Crippen LogP contribution in [-0.4, -0.2) is 27.1 Å². The third-order valence-electron chi connectivity index (χ3n) is 4.14. The number of hydrogen-bond acceptors (Lipinski definition) is 8. The third kappa shape index (κ3) is 3.99. The standard InChI is InChI=1S/C20H16N6OS2/c1-13-6-4-11-26-17(13)25-18(14(19(26)27)12-23-22-10-5-9-21)29-20-24-15-7-2-3-8-16(15)28-20/h2-4,6-8,11-12,22H,5,10H2,1H3/b23-12-. The first-order valence-electron chi connectivity index (χ1n) is 8.85. The van der Waals surface area contributed by atoms with Crippen molar-refractivity contribution in [3.05, 3.63) is 64.1 Å². The number of benzene rings is 1. The second-order valence-electron chi connectivity index (χ2n) is 6.14. The van der Waals surface area contributed by atoms with Gasteiger partial charge in [0.25, 0.3) is 5.56 Å². The van der Waals surface area contributed by atoms with Gasteiger partial charge in [-0.25, -0.2) is 9.97 Å². The molecule has 7 nitrogen and oxygen atoms in total. The molecule has 0 atom stereocenters. The van der Waals surface area contributed by atoms with Crippen molar-refractivity contribution in [1.29, 1.82) is 5.26 Å². The number of fused-ring (bicyclic) bond motifs is 2. The molecular formula is C20H16N6OS2. The maximum atomic E-state index is 13.1. The number of nitrogens with one attached hydrogen (secondary N) is 1. The molecule has 0 fully saturated rings. The Morgan fingerprint density at radius 1 is 1.31 bits per heavy atom. The summed E-state index contributed by atoms with van der Waals surface area (Å²) in [5.74, 6) is 0. The Morgan fingerprint density at radius 2 is 2.17 bits per heavy atom. The van der Waals surface area contributed by atoms with Crippen LogP contribution in [0.4, 0.5) is 0 Å². The summed E-state index contributed by atoms with van der Waals surface area (Å²) in [6, 6.07) is 13.7. The predicted molar refractivity (Wildman–Crippen MR) is 116 cm³/mol. The predicted octanol–water partition coefficient (Wildman–Crippen LogP) is 3.60. The molecule has 0 aliphatic heterocycles. The highest BCUT2D eigenvalue weighted by Gasteiger charge is 2.16. The fourth-order valence-corrected chi connectivity index (χ4v) is 4.81. The van der Waals surface area contributed by atoms with E-state index in [1.165, 1.54) is 22.4 Å². The Labute approximate surface area is 174 Å². The van der Waals surface area contributed by atoms with E-state index in [1.54, 1.807) is 17.5 Å². The lowest BCUT2D eigenvalue weighted by Gasteiger charge is -2.08. The summed E-state index contributed by atoms with van der Waals surface area (Å²) in [5, 5.41) is 13.3. The number of aryl methyl sites for hydroxylation is 1. The van der Waals surface area contributed by atoms with E-state index < -0.39 is 0 Å². The highest BCUT2D eigenvalue weighted by atomic mass is 32.2. The highest BCUT2D eigenvalue weighted by Crippen LogP contribution is 2.34. The fraction of sp³-hybridized carbons (Fsp3) is 0.150. The lowest BCUT2D eigenvalue weighted by Crippen LogP contribution is -2.22. The van der Waals surface area contributed by atoms with E-state index >= 15 is 0 Å². The van der Waals surface area contributed by atoms with Gasteiger partial charge in [-0.05, 0) is 42.4 Å². The van der Waals surface area contributed by atoms with Crippen LogP contribution >= 0.6 is 23.1 Å². The molecule has 1 aromatic carbocycles. The molecule has 0 saturated heterocycles. The molecule has 0 bridgehead atoms. The second kappa shape index (κ2) is 8.43. The Morgan fingerprint density at radius 3 is 3.00 bits per heavy atom. The molecule has 9 heteroatoms. The van der Waals surface area contributed by atoms with Crippen LogP contribution in [0.2, 0.25) is 0 Å². The van der Waals surface area contributed by atoms with Crippen LogP contribution in [0.25, 0.3) is 15.9 Å². The average Bonchev–Trinajstić information content (AvgIpc) is 3.13. The van der Waals surface area contributed by atoms with Gasteiger partial charge >= 0.3 is 0 Å². The van der Waals surface area contributed by atoms with Gasteiger partial charge in [-0.3, -0.25) is 9.20 Å². The SMILES string of the molecule is Cc1cccn2c(=O)c(/C=N\NCCC#N)c(Sc3nc4ccccc4s3)nc12. The minimum absolute atomic E-state index is 0.201. The van der Waals surface area contributed by atoms with Crippen LogP contribution in [0, 0.1) is 18.3 Å². The van der Waals surface area contributed by atoms with Crippen molar-refractivity contribution in [1.82, 2.24) is 19.8 Å².